The van der Waals surface area contributed by atoms with Crippen LogP contribution in [0.2, 0.25) is 0 Å². The molecule has 49 heavy (non-hydrogen) atoms. The minimum absolute atomic E-state index is 0.00556. The fourth-order valence-electron chi connectivity index (χ4n) is 7.43. The molecule has 5 heterocycles. The quantitative estimate of drug-likeness (QED) is 0.185. The summed E-state index contributed by atoms with van der Waals surface area (Å²) in [6.07, 6.45) is -4.49. The molecular formula is C32H30F7N7O2S. The van der Waals surface area contributed by atoms with Gasteiger partial charge in [0, 0.05) is 55.2 Å². The van der Waals surface area contributed by atoms with Crippen molar-refractivity contribution in [2.45, 2.75) is 50.1 Å². The van der Waals surface area contributed by atoms with Gasteiger partial charge in [-0.3, -0.25) is 9.69 Å². The van der Waals surface area contributed by atoms with E-state index in [0.29, 0.717) is 24.3 Å². The number of hydrogen-bond donors (Lipinski definition) is 1. The second-order valence-electron chi connectivity index (χ2n) is 12.7. The van der Waals surface area contributed by atoms with Crippen LogP contribution in [0, 0.1) is 11.6 Å². The van der Waals surface area contributed by atoms with Crippen LogP contribution < -0.4 is 15.4 Å². The van der Waals surface area contributed by atoms with Gasteiger partial charge in [-0.2, -0.15) is 23.1 Å². The number of aromatic nitrogens is 3. The molecule has 0 saturated carbocycles. The Kier molecular flexibility index (Phi) is 8.12. The number of nitrogens with two attached hydrogens (primary N) is 1. The van der Waals surface area contributed by atoms with Crippen LogP contribution in [-0.2, 0) is 11.0 Å². The van der Waals surface area contributed by atoms with Crippen molar-refractivity contribution in [3.63, 3.8) is 0 Å². The van der Waals surface area contributed by atoms with Crippen molar-refractivity contribution in [2.75, 3.05) is 50.0 Å². The van der Waals surface area contributed by atoms with E-state index in [9.17, 15) is 31.1 Å². The van der Waals surface area contributed by atoms with Crippen LogP contribution in [0.15, 0.2) is 30.6 Å². The Hall–Kier alpha value is -4.25. The minimum Gasteiger partial charge on any atom is -0.461 e. The molecule has 0 radical (unpaired) electrons. The fourth-order valence-corrected chi connectivity index (χ4v) is 8.20. The molecule has 2 aromatic heterocycles. The highest BCUT2D eigenvalue weighted by Gasteiger charge is 2.49. The van der Waals surface area contributed by atoms with Crippen molar-refractivity contribution in [3.8, 4) is 17.1 Å². The summed E-state index contributed by atoms with van der Waals surface area (Å²) in [6.45, 7) is 5.50. The first-order valence-electron chi connectivity index (χ1n) is 15.6. The predicted molar refractivity (Wildman–Crippen MR) is 170 cm³/mol. The van der Waals surface area contributed by atoms with E-state index in [-0.39, 0.29) is 77.3 Å². The van der Waals surface area contributed by atoms with Crippen LogP contribution in [-0.4, -0.2) is 87.7 Å². The van der Waals surface area contributed by atoms with Crippen molar-refractivity contribution >= 4 is 49.3 Å². The van der Waals surface area contributed by atoms with Gasteiger partial charge in [-0.1, -0.05) is 17.9 Å². The molecule has 260 valence electrons. The molecule has 0 spiro atoms. The number of fused-ring (bicyclic) bond motifs is 3. The molecular weight excluding hydrogens is 679 g/mol. The summed E-state index contributed by atoms with van der Waals surface area (Å²) in [7, 11) is 0. The molecule has 1 amide bonds. The molecule has 9 nitrogen and oxygen atoms in total. The van der Waals surface area contributed by atoms with Crippen LogP contribution in [0.3, 0.4) is 0 Å². The molecule has 0 unspecified atom stereocenters. The molecule has 2 aromatic carbocycles. The van der Waals surface area contributed by atoms with Crippen molar-refractivity contribution in [3.05, 3.63) is 47.8 Å². The minimum atomic E-state index is -5.10. The van der Waals surface area contributed by atoms with Crippen LogP contribution in [0.25, 0.3) is 32.2 Å². The van der Waals surface area contributed by atoms with Crippen LogP contribution in [0.5, 0.6) is 6.01 Å². The smallest absolute Gasteiger partial charge is 0.417 e. The number of anilines is 2. The highest BCUT2D eigenvalue weighted by molar-refractivity contribution is 7.22. The number of carbonyl (C=O) groups excluding carboxylic acids is 1. The van der Waals surface area contributed by atoms with E-state index in [0.717, 1.165) is 24.6 Å². The van der Waals surface area contributed by atoms with Crippen molar-refractivity contribution in [2.24, 2.45) is 0 Å². The Bertz CT molecular complexity index is 2010. The number of amides is 1. The maximum absolute atomic E-state index is 16.9. The second-order valence-corrected chi connectivity index (χ2v) is 13.8. The highest BCUT2D eigenvalue weighted by Crippen LogP contribution is 2.47. The summed E-state index contributed by atoms with van der Waals surface area (Å²) in [5, 5.41) is -0.425. The van der Waals surface area contributed by atoms with Crippen molar-refractivity contribution in [1.29, 1.82) is 0 Å². The number of carbonyl (C=O) groups is 1. The van der Waals surface area contributed by atoms with Crippen LogP contribution in [0.1, 0.15) is 31.7 Å². The van der Waals surface area contributed by atoms with E-state index in [1.807, 2.05) is 4.90 Å². The largest absolute Gasteiger partial charge is 0.461 e. The first-order chi connectivity index (χ1) is 23.2. The lowest BCUT2D eigenvalue weighted by Crippen LogP contribution is -2.54. The third-order valence-electron chi connectivity index (χ3n) is 9.63. The molecule has 3 fully saturated rings. The Labute approximate surface area is 279 Å². The number of halogens is 7. The average Bonchev–Trinajstić information content (AvgIpc) is 3.71. The second kappa shape index (κ2) is 12.0. The molecule has 7 rings (SSSR count). The number of nitrogens with zero attached hydrogens (tertiary/aromatic N) is 6. The standard InChI is InChI=1S/C32H30F7N7O2S/c1-15-12-44(28(47)16(2)33)8-9-46(15)27-19-10-20(32(37,38)39)22(18-4-5-21(35)26-25(18)41-29(40)49-26)23(36)24(19)42-30(43-27)48-14-31-6-3-7-45(31)13-17(34)11-31/h4-5,10,15,17H,2-3,6-9,11-14H2,1H3,(H2,40,41)/t15-,17-,31-/m1/s1. The molecule has 3 aliphatic heterocycles. The zero-order valence-corrected chi connectivity index (χ0v) is 26.9. The van der Waals surface area contributed by atoms with Gasteiger partial charge >= 0.3 is 12.2 Å². The number of rotatable bonds is 6. The lowest BCUT2D eigenvalue weighted by molar-refractivity contribution is -0.137. The van der Waals surface area contributed by atoms with Crippen molar-refractivity contribution < 1.29 is 40.3 Å². The molecule has 4 aromatic rings. The maximum Gasteiger partial charge on any atom is 0.417 e. The number of nitrogen functional groups attached to an aromatic ring is 1. The normalized spacial score (nSPS) is 23.1. The SMILES string of the molecule is C=C(F)C(=O)N1CCN(c2nc(OC[C@]34CCCN3C[C@H](F)C4)nc3c(F)c(-c4ccc(F)c5sc(N)nc45)c(C(F)(F)F)cc23)[C@H](C)C1. The third kappa shape index (κ3) is 5.69. The molecule has 3 atom stereocenters. The van der Waals surface area contributed by atoms with E-state index >= 15 is 4.39 Å². The van der Waals surface area contributed by atoms with Gasteiger partial charge in [0.2, 0.25) is 0 Å². The first-order valence-corrected chi connectivity index (χ1v) is 16.4. The summed E-state index contributed by atoms with van der Waals surface area (Å²) in [4.78, 5) is 29.8. The Morgan fingerprint density at radius 1 is 1.14 bits per heavy atom. The number of thiazole rings is 1. The molecule has 0 bridgehead atoms. The Morgan fingerprint density at radius 2 is 1.92 bits per heavy atom. The van der Waals surface area contributed by atoms with Gasteiger partial charge in [0.15, 0.2) is 16.8 Å². The van der Waals surface area contributed by atoms with Gasteiger partial charge in [-0.25, -0.2) is 22.5 Å². The maximum atomic E-state index is 16.9. The fraction of sp³-hybridized carbons (Fsp3) is 0.438. The molecule has 0 aliphatic carbocycles. The number of piperazine rings is 1. The number of alkyl halides is 4. The first kappa shape index (κ1) is 33.3. The zero-order valence-electron chi connectivity index (χ0n) is 26.1. The Balaban J connectivity index is 1.41. The molecule has 2 N–H and O–H groups in total. The number of ether oxygens (including phenoxy) is 1. The number of hydrogen-bond acceptors (Lipinski definition) is 9. The molecule has 3 aliphatic rings. The van der Waals surface area contributed by atoms with E-state index in [4.69, 9.17) is 10.5 Å². The van der Waals surface area contributed by atoms with Gasteiger partial charge in [0.1, 0.15) is 29.9 Å². The van der Waals surface area contributed by atoms with Crippen LogP contribution in [0.4, 0.5) is 41.7 Å². The summed E-state index contributed by atoms with van der Waals surface area (Å²) in [5.74, 6) is -4.35. The van der Waals surface area contributed by atoms with Gasteiger partial charge in [0.25, 0.3) is 5.91 Å². The molecule has 3 saturated heterocycles. The lowest BCUT2D eigenvalue weighted by Gasteiger charge is -2.40. The van der Waals surface area contributed by atoms with E-state index in [2.05, 4.69) is 21.5 Å². The highest BCUT2D eigenvalue weighted by atomic mass is 32.1. The van der Waals surface area contributed by atoms with Crippen LogP contribution >= 0.6 is 11.3 Å². The Morgan fingerprint density at radius 3 is 2.63 bits per heavy atom. The third-order valence-corrected chi connectivity index (χ3v) is 10.5. The van der Waals surface area contributed by atoms with Gasteiger partial charge in [-0.05, 0) is 44.5 Å². The number of benzene rings is 2. The van der Waals surface area contributed by atoms with E-state index in [1.165, 1.54) is 4.90 Å². The van der Waals surface area contributed by atoms with Gasteiger partial charge in [-0.15, -0.1) is 0 Å². The van der Waals surface area contributed by atoms with E-state index in [1.54, 1.807) is 11.8 Å². The summed E-state index contributed by atoms with van der Waals surface area (Å²) < 4.78 is 110. The topological polar surface area (TPSA) is 101 Å². The summed E-state index contributed by atoms with van der Waals surface area (Å²) in [6, 6.07) is 1.68. The summed E-state index contributed by atoms with van der Waals surface area (Å²) >= 11 is 0.712. The lowest BCUT2D eigenvalue weighted by atomic mass is 9.94. The predicted octanol–water partition coefficient (Wildman–Crippen LogP) is 6.26. The van der Waals surface area contributed by atoms with Crippen molar-refractivity contribution in [1.82, 2.24) is 24.8 Å². The summed E-state index contributed by atoms with van der Waals surface area (Å²) in [5.41, 5.74) is 1.74. The monoisotopic (exact) mass is 709 g/mol. The average molecular weight is 710 g/mol. The van der Waals surface area contributed by atoms with E-state index < -0.39 is 63.9 Å². The molecule has 17 heteroatoms. The zero-order chi connectivity index (χ0) is 35.0. The van der Waals surface area contributed by atoms with Gasteiger partial charge in [0.05, 0.1) is 21.3 Å². The van der Waals surface area contributed by atoms with Gasteiger partial charge < -0.3 is 20.3 Å².